The lowest BCUT2D eigenvalue weighted by molar-refractivity contribution is -0.134. The van der Waals surface area contributed by atoms with Crippen LogP contribution in [0.15, 0.2) is 16.7 Å². The molecule has 0 radical (unpaired) electrons. The first-order chi connectivity index (χ1) is 8.26. The molecule has 96 valence electrons. The third kappa shape index (κ3) is 2.24. The van der Waals surface area contributed by atoms with Gasteiger partial charge in [0, 0.05) is 10.8 Å². The summed E-state index contributed by atoms with van der Waals surface area (Å²) >= 11 is 3.33. The van der Waals surface area contributed by atoms with E-state index in [-0.39, 0.29) is 16.9 Å². The molecular formula is C14H17BrN2O. The van der Waals surface area contributed by atoms with E-state index in [1.165, 1.54) is 0 Å². The molecule has 1 saturated carbocycles. The number of hydrogen-bond donors (Lipinski definition) is 0. The monoisotopic (exact) mass is 308 g/mol. The van der Waals surface area contributed by atoms with E-state index < -0.39 is 0 Å². The summed E-state index contributed by atoms with van der Waals surface area (Å²) in [5.41, 5.74) is 0.753. The van der Waals surface area contributed by atoms with Gasteiger partial charge in [0.15, 0.2) is 5.69 Å². The number of aromatic nitrogens is 1. The summed E-state index contributed by atoms with van der Waals surface area (Å²) in [6.45, 7) is 8.87. The van der Waals surface area contributed by atoms with E-state index in [9.17, 15) is 0 Å². The molecule has 0 saturated heterocycles. The highest BCUT2D eigenvalue weighted by Crippen LogP contribution is 2.55. The van der Waals surface area contributed by atoms with Crippen molar-refractivity contribution in [3.63, 3.8) is 0 Å². The van der Waals surface area contributed by atoms with Crippen LogP contribution < -0.4 is 4.74 Å². The summed E-state index contributed by atoms with van der Waals surface area (Å²) in [7, 11) is 0. The Morgan fingerprint density at radius 3 is 2.44 bits per heavy atom. The van der Waals surface area contributed by atoms with Gasteiger partial charge in [0.1, 0.15) is 17.9 Å². The summed E-state index contributed by atoms with van der Waals surface area (Å²) in [5, 5.41) is 8.83. The number of rotatable bonds is 2. The second-order valence-corrected chi connectivity index (χ2v) is 7.12. The van der Waals surface area contributed by atoms with Crippen LogP contribution in [-0.4, -0.2) is 11.1 Å². The molecule has 1 aromatic heterocycles. The first-order valence-corrected chi connectivity index (χ1v) is 6.78. The SMILES string of the molecule is CC1(C)CC(C)(C)C1Oc1cnc(C#N)c(Br)c1. The molecule has 0 spiro atoms. The van der Waals surface area contributed by atoms with E-state index in [2.05, 4.69) is 48.6 Å². The standard InChI is InChI=1S/C14H17BrN2O/c1-13(2)8-14(3,4)12(13)18-9-5-10(15)11(6-16)17-7-9/h5,7,12H,8H2,1-4H3. The molecule has 0 aromatic carbocycles. The molecule has 0 atom stereocenters. The zero-order valence-corrected chi connectivity index (χ0v) is 12.7. The van der Waals surface area contributed by atoms with Gasteiger partial charge < -0.3 is 4.74 Å². The Morgan fingerprint density at radius 1 is 1.39 bits per heavy atom. The van der Waals surface area contributed by atoms with Crippen molar-refractivity contribution < 1.29 is 4.74 Å². The maximum Gasteiger partial charge on any atom is 0.154 e. The smallest absolute Gasteiger partial charge is 0.154 e. The Hall–Kier alpha value is -1.08. The van der Waals surface area contributed by atoms with Gasteiger partial charge in [-0.15, -0.1) is 0 Å². The molecule has 0 bridgehead atoms. The molecule has 2 rings (SSSR count). The molecule has 1 aliphatic carbocycles. The van der Waals surface area contributed by atoms with Crippen molar-refractivity contribution in [3.8, 4) is 11.8 Å². The topological polar surface area (TPSA) is 45.9 Å². The number of halogens is 1. The van der Waals surface area contributed by atoms with Crippen molar-refractivity contribution in [3.05, 3.63) is 22.4 Å². The van der Waals surface area contributed by atoms with E-state index in [0.29, 0.717) is 15.9 Å². The maximum atomic E-state index is 8.83. The summed E-state index contributed by atoms with van der Waals surface area (Å²) in [6.07, 6.45) is 2.94. The van der Waals surface area contributed by atoms with Crippen LogP contribution >= 0.6 is 15.9 Å². The highest BCUT2D eigenvalue weighted by Gasteiger charge is 2.54. The van der Waals surface area contributed by atoms with E-state index >= 15 is 0 Å². The van der Waals surface area contributed by atoms with Crippen LogP contribution in [0.4, 0.5) is 0 Å². The van der Waals surface area contributed by atoms with Crippen LogP contribution in [0.3, 0.4) is 0 Å². The van der Waals surface area contributed by atoms with Gasteiger partial charge in [-0.2, -0.15) is 5.26 Å². The van der Waals surface area contributed by atoms with Gasteiger partial charge in [-0.25, -0.2) is 4.98 Å². The van der Waals surface area contributed by atoms with Gasteiger partial charge >= 0.3 is 0 Å². The van der Waals surface area contributed by atoms with Crippen molar-refractivity contribution in [1.29, 1.82) is 5.26 Å². The minimum absolute atomic E-state index is 0.173. The van der Waals surface area contributed by atoms with E-state index in [1.54, 1.807) is 6.20 Å². The van der Waals surface area contributed by atoms with Crippen LogP contribution in [0, 0.1) is 22.2 Å². The van der Waals surface area contributed by atoms with E-state index in [0.717, 1.165) is 6.42 Å². The molecule has 0 N–H and O–H groups in total. The van der Waals surface area contributed by atoms with Crippen LogP contribution in [0.5, 0.6) is 5.75 Å². The Balaban J connectivity index is 2.20. The predicted molar refractivity (Wildman–Crippen MR) is 73.2 cm³/mol. The molecule has 0 unspecified atom stereocenters. The van der Waals surface area contributed by atoms with Crippen LogP contribution in [-0.2, 0) is 0 Å². The lowest BCUT2D eigenvalue weighted by atomic mass is 9.53. The van der Waals surface area contributed by atoms with Gasteiger partial charge in [0.2, 0.25) is 0 Å². The van der Waals surface area contributed by atoms with Crippen LogP contribution in [0.1, 0.15) is 39.8 Å². The van der Waals surface area contributed by atoms with Crippen LogP contribution in [0.25, 0.3) is 0 Å². The fraction of sp³-hybridized carbons (Fsp3) is 0.571. The molecule has 1 fully saturated rings. The highest BCUT2D eigenvalue weighted by atomic mass is 79.9. The van der Waals surface area contributed by atoms with Gasteiger partial charge in [0.25, 0.3) is 0 Å². The van der Waals surface area contributed by atoms with E-state index in [4.69, 9.17) is 10.00 Å². The third-order valence-corrected chi connectivity index (χ3v) is 4.11. The van der Waals surface area contributed by atoms with Crippen molar-refractivity contribution in [2.75, 3.05) is 0 Å². The summed E-state index contributed by atoms with van der Waals surface area (Å²) in [6, 6.07) is 3.84. The second kappa shape index (κ2) is 4.24. The molecular weight excluding hydrogens is 292 g/mol. The fourth-order valence-electron chi connectivity index (χ4n) is 3.31. The Labute approximate surface area is 116 Å². The number of pyridine rings is 1. The summed E-state index contributed by atoms with van der Waals surface area (Å²) < 4.78 is 6.74. The summed E-state index contributed by atoms with van der Waals surface area (Å²) in [4.78, 5) is 4.07. The average molecular weight is 309 g/mol. The van der Waals surface area contributed by atoms with Gasteiger partial charge in [-0.1, -0.05) is 27.7 Å². The molecule has 1 aliphatic rings. The third-order valence-electron chi connectivity index (χ3n) is 3.51. The lowest BCUT2D eigenvalue weighted by Gasteiger charge is -2.56. The number of hydrogen-bond acceptors (Lipinski definition) is 3. The zero-order valence-electron chi connectivity index (χ0n) is 11.1. The first-order valence-electron chi connectivity index (χ1n) is 5.98. The van der Waals surface area contributed by atoms with Gasteiger partial charge in [-0.05, 0) is 28.4 Å². The van der Waals surface area contributed by atoms with Gasteiger partial charge in [0.05, 0.1) is 10.7 Å². The van der Waals surface area contributed by atoms with Crippen molar-refractivity contribution in [2.45, 2.75) is 40.2 Å². The van der Waals surface area contributed by atoms with Crippen molar-refractivity contribution in [2.24, 2.45) is 10.8 Å². The minimum atomic E-state index is 0.173. The number of nitrogens with zero attached hydrogens (tertiary/aromatic N) is 2. The predicted octanol–water partition coefficient (Wildman–Crippen LogP) is 3.92. The van der Waals surface area contributed by atoms with Gasteiger partial charge in [-0.3, -0.25) is 0 Å². The van der Waals surface area contributed by atoms with Crippen molar-refractivity contribution in [1.82, 2.24) is 4.98 Å². The Kier molecular flexibility index (Phi) is 3.14. The number of nitriles is 1. The molecule has 1 heterocycles. The molecule has 3 nitrogen and oxygen atoms in total. The van der Waals surface area contributed by atoms with E-state index in [1.807, 2.05) is 12.1 Å². The molecule has 4 heteroatoms. The van der Waals surface area contributed by atoms with Crippen LogP contribution in [0.2, 0.25) is 0 Å². The molecule has 0 aliphatic heterocycles. The molecule has 18 heavy (non-hydrogen) atoms. The minimum Gasteiger partial charge on any atom is -0.488 e. The quantitative estimate of drug-likeness (QED) is 0.832. The first kappa shape index (κ1) is 13.4. The lowest BCUT2D eigenvalue weighted by Crippen LogP contribution is -2.58. The van der Waals surface area contributed by atoms with Crippen molar-refractivity contribution >= 4 is 15.9 Å². The Bertz CT molecular complexity index is 503. The largest absolute Gasteiger partial charge is 0.488 e. The second-order valence-electron chi connectivity index (χ2n) is 6.27. The Morgan fingerprint density at radius 2 is 2.00 bits per heavy atom. The normalized spacial score (nSPS) is 20.9. The zero-order chi connectivity index (χ0) is 13.6. The maximum absolute atomic E-state index is 8.83. The number of ether oxygens (including phenoxy) is 1. The average Bonchev–Trinajstić information content (AvgIpc) is 2.24. The fourth-order valence-corrected chi connectivity index (χ4v) is 3.73. The molecule has 1 aromatic rings. The highest BCUT2D eigenvalue weighted by molar-refractivity contribution is 9.10. The molecule has 0 amide bonds. The summed E-state index contributed by atoms with van der Waals surface area (Å²) in [5.74, 6) is 0.715.